The van der Waals surface area contributed by atoms with E-state index >= 15 is 0 Å². The van der Waals surface area contributed by atoms with Gasteiger partial charge in [0.25, 0.3) is 0 Å². The first-order valence-corrected chi connectivity index (χ1v) is 27.1. The van der Waals surface area contributed by atoms with E-state index in [-0.39, 0.29) is 31.9 Å². The van der Waals surface area contributed by atoms with Crippen LogP contribution >= 0.6 is 0 Å². The second kappa shape index (κ2) is 19.9. The summed E-state index contributed by atoms with van der Waals surface area (Å²) in [6, 6.07) is 68.1. The van der Waals surface area contributed by atoms with Gasteiger partial charge in [0.15, 0.2) is 5.65 Å². The van der Waals surface area contributed by atoms with Gasteiger partial charge >= 0.3 is 0 Å². The molecule has 4 heterocycles. The van der Waals surface area contributed by atoms with E-state index in [0.717, 1.165) is 72.6 Å². The topological polar surface area (TPSA) is 56.7 Å². The zero-order valence-electron chi connectivity index (χ0n) is 40.1. The quantitative estimate of drug-likeness (QED) is 0.107. The van der Waals surface area contributed by atoms with Crippen LogP contribution in [0.2, 0.25) is 19.6 Å². The summed E-state index contributed by atoms with van der Waals surface area (Å²) in [5.74, 6) is 1.26. The van der Waals surface area contributed by atoms with Crippen molar-refractivity contribution in [3.05, 3.63) is 212 Å². The molecule has 69 heavy (non-hydrogen) atoms. The molecule has 7 heteroatoms. The Kier molecular flexibility index (Phi) is 13.6. The van der Waals surface area contributed by atoms with E-state index in [1.54, 1.807) is 0 Å². The van der Waals surface area contributed by atoms with E-state index in [4.69, 9.17) is 14.4 Å². The predicted molar refractivity (Wildman–Crippen MR) is 286 cm³/mol. The molecule has 0 aliphatic carbocycles. The van der Waals surface area contributed by atoms with E-state index in [2.05, 4.69) is 196 Å². The molecule has 0 fully saturated rings. The zero-order chi connectivity index (χ0) is 46.9. The number of fused-ring (bicyclic) bond motifs is 4. The minimum Gasteiger partial charge on any atom is -0.501 e. The maximum absolute atomic E-state index is 6.81. The van der Waals surface area contributed by atoms with Gasteiger partial charge in [-0.2, -0.15) is 0 Å². The molecule has 0 spiro atoms. The molecule has 4 aromatic heterocycles. The van der Waals surface area contributed by atoms with Gasteiger partial charge in [-0.15, -0.1) is 54.1 Å². The summed E-state index contributed by atoms with van der Waals surface area (Å²) >= 11 is 0. The van der Waals surface area contributed by atoms with Crippen molar-refractivity contribution in [1.29, 1.82) is 0 Å². The van der Waals surface area contributed by atoms with Crippen LogP contribution in [0, 0.1) is 12.1 Å². The molecule has 0 unspecified atom stereocenters. The van der Waals surface area contributed by atoms with Crippen LogP contribution in [0.25, 0.3) is 94.8 Å². The van der Waals surface area contributed by atoms with Crippen molar-refractivity contribution in [3.63, 3.8) is 0 Å². The summed E-state index contributed by atoms with van der Waals surface area (Å²) in [6.07, 6.45) is 3.87. The number of benzene rings is 7. The van der Waals surface area contributed by atoms with Gasteiger partial charge in [0, 0.05) is 43.6 Å². The smallest absolute Gasteiger partial charge is 0.155 e. The predicted octanol–water partition coefficient (Wildman–Crippen LogP) is 16.1. The summed E-state index contributed by atoms with van der Waals surface area (Å²) in [5, 5.41) is 3.50. The zero-order valence-corrected chi connectivity index (χ0v) is 43.5. The largest absolute Gasteiger partial charge is 0.501 e. The van der Waals surface area contributed by atoms with Crippen molar-refractivity contribution in [2.45, 2.75) is 59.2 Å². The van der Waals surface area contributed by atoms with E-state index in [0.29, 0.717) is 0 Å². The summed E-state index contributed by atoms with van der Waals surface area (Å²) < 4.78 is 9.06. The van der Waals surface area contributed by atoms with Gasteiger partial charge in [0.05, 0.1) is 25.0 Å². The summed E-state index contributed by atoms with van der Waals surface area (Å²) in [5.41, 5.74) is 16.8. The second-order valence-electron chi connectivity index (χ2n) is 19.1. The maximum atomic E-state index is 6.81. The standard InChI is InChI=1S/C48H38N3O.C14H16NSi.Ir/c1-30(2)41-27-37(33-15-9-6-10-16-33)28-42(31(3)4)45(41)51-47(50-43-19-12-26-49-48(43)51)40-18-11-17-39-38-25-24-36(29-44(38)52-46(39)40)35-22-20-34(21-23-35)32-13-7-5-8-14-32;1-16(2,3)13-9-10-14(15-11-13)12-7-5-4-6-8-12;/h5-17,19-31H,1-4H3;4-7,9-11H,1-3H3;/q2*-1;. The van der Waals surface area contributed by atoms with Crippen LogP contribution < -0.4 is 5.19 Å². The Morgan fingerprint density at radius 1 is 0.551 bits per heavy atom. The van der Waals surface area contributed by atoms with Gasteiger partial charge in [0.2, 0.25) is 0 Å². The van der Waals surface area contributed by atoms with Gasteiger partial charge in [-0.25, -0.2) is 4.98 Å². The summed E-state index contributed by atoms with van der Waals surface area (Å²) in [6.45, 7) is 16.1. The molecule has 11 rings (SSSR count). The van der Waals surface area contributed by atoms with Crippen molar-refractivity contribution < 1.29 is 24.5 Å². The van der Waals surface area contributed by atoms with Crippen LogP contribution in [0.15, 0.2) is 193 Å². The van der Waals surface area contributed by atoms with E-state index in [1.807, 2.05) is 60.9 Å². The van der Waals surface area contributed by atoms with Gasteiger partial charge in [-0.1, -0.05) is 167 Å². The molecular formula is C62H54IrN4OSi-2. The fourth-order valence-corrected chi connectivity index (χ4v) is 10.1. The molecule has 1 radical (unpaired) electrons. The Morgan fingerprint density at radius 3 is 1.78 bits per heavy atom. The third-order valence-corrected chi connectivity index (χ3v) is 14.8. The molecule has 7 aromatic carbocycles. The molecule has 0 amide bonds. The van der Waals surface area contributed by atoms with Gasteiger partial charge < -0.3 is 14.0 Å². The normalized spacial score (nSPS) is 11.6. The fraction of sp³-hybridized carbons (Fsp3) is 0.145. The Bertz CT molecular complexity index is 3490. The first-order valence-electron chi connectivity index (χ1n) is 23.6. The van der Waals surface area contributed by atoms with Gasteiger partial charge in [0.1, 0.15) is 5.58 Å². The molecule has 11 aromatic rings. The van der Waals surface area contributed by atoms with Gasteiger partial charge in [-0.05, 0) is 97.6 Å². The van der Waals surface area contributed by atoms with E-state index in [9.17, 15) is 0 Å². The van der Waals surface area contributed by atoms with Crippen LogP contribution in [0.5, 0.6) is 0 Å². The molecule has 0 aliphatic rings. The first kappa shape index (κ1) is 47.1. The third-order valence-electron chi connectivity index (χ3n) is 12.8. The monoisotopic (exact) mass is 1090 g/mol. The van der Waals surface area contributed by atoms with Crippen LogP contribution in [-0.4, -0.2) is 27.6 Å². The van der Waals surface area contributed by atoms with Crippen LogP contribution in [0.1, 0.15) is 50.7 Å². The van der Waals surface area contributed by atoms with Gasteiger partial charge in [-0.3, -0.25) is 4.98 Å². The molecule has 0 saturated heterocycles. The average molecular weight is 1090 g/mol. The van der Waals surface area contributed by atoms with E-state index < -0.39 is 8.07 Å². The van der Waals surface area contributed by atoms with Crippen LogP contribution in [0.3, 0.4) is 0 Å². The van der Waals surface area contributed by atoms with Crippen molar-refractivity contribution >= 4 is 46.4 Å². The van der Waals surface area contributed by atoms with Crippen LogP contribution in [0.4, 0.5) is 0 Å². The van der Waals surface area contributed by atoms with Crippen molar-refractivity contribution in [3.8, 4) is 61.7 Å². The Morgan fingerprint density at radius 2 is 1.17 bits per heavy atom. The first-order chi connectivity index (χ1) is 33.0. The number of pyridine rings is 2. The summed E-state index contributed by atoms with van der Waals surface area (Å²) in [4.78, 5) is 14.7. The maximum Gasteiger partial charge on any atom is 0.155 e. The number of rotatable bonds is 9. The molecular weight excluding hydrogens is 1040 g/mol. The average Bonchev–Trinajstić information content (AvgIpc) is 3.95. The molecule has 343 valence electrons. The molecule has 0 N–H and O–H groups in total. The minimum atomic E-state index is -1.23. The fourth-order valence-electron chi connectivity index (χ4n) is 9.03. The SMILES string of the molecule is CC(C)c1cc(-c2ccccc2)cc(C(C)C)c1-n1c(-c2[c-]ccc3c2oc2cc(-c4ccc(-c5ccccc5)cc4)ccc23)nc2cccnc21.C[Si](C)(C)c1ccc(-c2[c-]cccc2)nc1.[Ir]. The van der Waals surface area contributed by atoms with Crippen molar-refractivity contribution in [2.75, 3.05) is 0 Å². The Labute approximate surface area is 420 Å². The molecule has 0 saturated carbocycles. The Balaban J connectivity index is 0.000000296. The Hall–Kier alpha value is -7.02. The number of furan rings is 1. The molecule has 0 bridgehead atoms. The third kappa shape index (κ3) is 9.56. The molecule has 5 nitrogen and oxygen atoms in total. The summed E-state index contributed by atoms with van der Waals surface area (Å²) in [7, 11) is -1.23. The second-order valence-corrected chi connectivity index (χ2v) is 24.2. The number of imidazole rings is 1. The van der Waals surface area contributed by atoms with E-state index in [1.165, 1.54) is 38.6 Å². The number of nitrogens with zero attached hydrogens (tertiary/aromatic N) is 4. The van der Waals surface area contributed by atoms with Crippen molar-refractivity contribution in [2.24, 2.45) is 0 Å². The van der Waals surface area contributed by atoms with Crippen LogP contribution in [-0.2, 0) is 20.1 Å². The number of hydrogen-bond donors (Lipinski definition) is 0. The minimum absolute atomic E-state index is 0. The number of aromatic nitrogens is 4. The molecule has 0 aliphatic heterocycles. The number of hydrogen-bond acceptors (Lipinski definition) is 4. The van der Waals surface area contributed by atoms with Crippen molar-refractivity contribution in [1.82, 2.24) is 19.5 Å². The molecule has 0 atom stereocenters.